The number of methoxy groups -OCH3 is 1. The van der Waals surface area contributed by atoms with Crippen molar-refractivity contribution < 1.29 is 23.0 Å². The molecule has 0 unspecified atom stereocenters. The lowest BCUT2D eigenvalue weighted by Crippen LogP contribution is -2.03. The normalized spacial score (nSPS) is 11.8. The molecule has 1 heterocycles. The zero-order chi connectivity index (χ0) is 15.9. The molecule has 0 saturated heterocycles. The maximum atomic E-state index is 12.8. The van der Waals surface area contributed by atoms with E-state index in [-0.39, 0.29) is 11.1 Å². The summed E-state index contributed by atoms with van der Waals surface area (Å²) in [5.74, 6) is 0.542. The maximum Gasteiger partial charge on any atom is 0.416 e. The van der Waals surface area contributed by atoms with Crippen molar-refractivity contribution in [3.8, 4) is 21.9 Å². The van der Waals surface area contributed by atoms with Crippen LogP contribution in [0, 0.1) is 0 Å². The van der Waals surface area contributed by atoms with Gasteiger partial charge in [-0.2, -0.15) is 13.2 Å². The van der Waals surface area contributed by atoms with Crippen LogP contribution in [0.15, 0.2) is 42.5 Å². The van der Waals surface area contributed by atoms with Gasteiger partial charge in [-0.05, 0) is 48.0 Å². The first kappa shape index (κ1) is 14.7. The summed E-state index contributed by atoms with van der Waals surface area (Å²) in [5.41, 5.74) is -0.0394. The van der Waals surface area contributed by atoms with Crippen molar-refractivity contribution in [1.82, 2.24) is 0 Å². The van der Waals surface area contributed by atoms with E-state index in [1.807, 2.05) is 0 Å². The minimum absolute atomic E-state index is 0.128. The topological polar surface area (TPSA) is 29.5 Å². The quantitative estimate of drug-likeness (QED) is 0.693. The Morgan fingerprint density at radius 1 is 1.05 bits per heavy atom. The molecule has 0 saturated carbocycles. The van der Waals surface area contributed by atoms with Crippen LogP contribution >= 0.6 is 11.3 Å². The monoisotopic (exact) mass is 324 g/mol. The van der Waals surface area contributed by atoms with E-state index in [1.54, 1.807) is 31.4 Å². The summed E-state index contributed by atoms with van der Waals surface area (Å²) in [7, 11) is 1.55. The average molecular weight is 324 g/mol. The fraction of sp³-hybridized carbons (Fsp3) is 0.125. The van der Waals surface area contributed by atoms with Crippen LogP contribution in [0.2, 0.25) is 0 Å². The van der Waals surface area contributed by atoms with Crippen LogP contribution in [0.1, 0.15) is 5.56 Å². The van der Waals surface area contributed by atoms with E-state index in [1.165, 1.54) is 17.4 Å². The van der Waals surface area contributed by atoms with E-state index in [2.05, 4.69) is 0 Å². The van der Waals surface area contributed by atoms with Crippen molar-refractivity contribution in [2.24, 2.45) is 0 Å². The first-order valence-corrected chi connectivity index (χ1v) is 7.19. The predicted molar refractivity (Wildman–Crippen MR) is 80.5 cm³/mol. The number of halogens is 3. The fourth-order valence-electron chi connectivity index (χ4n) is 2.20. The minimum atomic E-state index is -4.43. The van der Waals surface area contributed by atoms with Crippen LogP contribution in [0.4, 0.5) is 13.2 Å². The van der Waals surface area contributed by atoms with Crippen molar-refractivity contribution in [3.63, 3.8) is 0 Å². The number of ether oxygens (including phenoxy) is 1. The van der Waals surface area contributed by atoms with E-state index >= 15 is 0 Å². The molecule has 0 aliphatic rings. The Kier molecular flexibility index (Phi) is 3.48. The number of rotatable bonds is 2. The summed E-state index contributed by atoms with van der Waals surface area (Å²) >= 11 is 1.25. The van der Waals surface area contributed by atoms with Crippen molar-refractivity contribution >= 4 is 21.4 Å². The molecule has 0 amide bonds. The fourth-order valence-corrected chi connectivity index (χ4v) is 3.28. The van der Waals surface area contributed by atoms with Gasteiger partial charge in [0.15, 0.2) is 0 Å². The molecule has 1 aromatic heterocycles. The van der Waals surface area contributed by atoms with Crippen LogP contribution in [0.5, 0.6) is 11.5 Å². The van der Waals surface area contributed by atoms with Gasteiger partial charge in [-0.25, -0.2) is 0 Å². The molecule has 2 aromatic carbocycles. The van der Waals surface area contributed by atoms with E-state index in [0.29, 0.717) is 15.3 Å². The molecule has 0 spiro atoms. The Morgan fingerprint density at radius 3 is 2.32 bits per heavy atom. The summed E-state index contributed by atoms with van der Waals surface area (Å²) in [6.07, 6.45) is -4.43. The zero-order valence-electron chi connectivity index (χ0n) is 11.4. The molecule has 0 fully saturated rings. The van der Waals surface area contributed by atoms with Gasteiger partial charge in [0.05, 0.1) is 17.6 Å². The summed E-state index contributed by atoms with van der Waals surface area (Å²) in [4.78, 5) is 0.539. The molecule has 6 heteroatoms. The SMILES string of the molecule is COc1ccc(-c2sc3ccc(C(F)(F)F)cc3c2O)cc1. The number of alkyl halides is 3. The summed E-state index contributed by atoms with van der Waals surface area (Å²) in [6.45, 7) is 0. The lowest BCUT2D eigenvalue weighted by Gasteiger charge is -2.06. The van der Waals surface area contributed by atoms with Crippen molar-refractivity contribution in [2.45, 2.75) is 6.18 Å². The zero-order valence-corrected chi connectivity index (χ0v) is 12.3. The van der Waals surface area contributed by atoms with Gasteiger partial charge in [0, 0.05) is 10.1 Å². The van der Waals surface area contributed by atoms with Crippen LogP contribution in [-0.4, -0.2) is 12.2 Å². The second-order valence-corrected chi connectivity index (χ2v) is 5.77. The lowest BCUT2D eigenvalue weighted by atomic mass is 10.1. The smallest absolute Gasteiger partial charge is 0.416 e. The molecule has 1 N–H and O–H groups in total. The molecule has 0 aliphatic heterocycles. The van der Waals surface area contributed by atoms with Crippen molar-refractivity contribution in [3.05, 3.63) is 48.0 Å². The number of fused-ring (bicyclic) bond motifs is 1. The largest absolute Gasteiger partial charge is 0.506 e. The van der Waals surface area contributed by atoms with E-state index in [0.717, 1.165) is 17.7 Å². The van der Waals surface area contributed by atoms with Gasteiger partial charge in [0.1, 0.15) is 11.5 Å². The molecule has 114 valence electrons. The number of aromatic hydroxyl groups is 1. The highest BCUT2D eigenvalue weighted by molar-refractivity contribution is 7.22. The Morgan fingerprint density at radius 2 is 1.73 bits per heavy atom. The molecule has 0 aliphatic carbocycles. The number of thiophene rings is 1. The first-order chi connectivity index (χ1) is 10.4. The Balaban J connectivity index is 2.13. The van der Waals surface area contributed by atoms with Crippen LogP contribution in [0.25, 0.3) is 20.5 Å². The van der Waals surface area contributed by atoms with Crippen LogP contribution in [-0.2, 0) is 6.18 Å². The van der Waals surface area contributed by atoms with Gasteiger partial charge in [0.25, 0.3) is 0 Å². The molecule has 3 aromatic rings. The predicted octanol–water partition coefficient (Wildman–Crippen LogP) is 5.30. The molecule has 0 radical (unpaired) electrons. The number of hydrogen-bond donors (Lipinski definition) is 1. The third-order valence-corrected chi connectivity index (χ3v) is 4.55. The first-order valence-electron chi connectivity index (χ1n) is 6.37. The van der Waals surface area contributed by atoms with Crippen LogP contribution < -0.4 is 4.74 Å². The lowest BCUT2D eigenvalue weighted by molar-refractivity contribution is -0.137. The van der Waals surface area contributed by atoms with Crippen molar-refractivity contribution in [2.75, 3.05) is 7.11 Å². The molecule has 0 bridgehead atoms. The second kappa shape index (κ2) is 5.21. The summed E-state index contributed by atoms with van der Waals surface area (Å²) in [6, 6.07) is 10.4. The van der Waals surface area contributed by atoms with E-state index < -0.39 is 11.7 Å². The van der Waals surface area contributed by atoms with Gasteiger partial charge >= 0.3 is 6.18 Å². The van der Waals surface area contributed by atoms with Crippen LogP contribution in [0.3, 0.4) is 0 Å². The maximum absolute atomic E-state index is 12.8. The number of benzene rings is 2. The van der Waals surface area contributed by atoms with E-state index in [4.69, 9.17) is 4.74 Å². The number of hydrogen-bond acceptors (Lipinski definition) is 3. The van der Waals surface area contributed by atoms with Gasteiger partial charge in [-0.1, -0.05) is 0 Å². The molecule has 0 atom stereocenters. The van der Waals surface area contributed by atoms with E-state index in [9.17, 15) is 18.3 Å². The third-order valence-electron chi connectivity index (χ3n) is 3.34. The van der Waals surface area contributed by atoms with Gasteiger partial charge in [0.2, 0.25) is 0 Å². The molecule has 3 rings (SSSR count). The molecule has 2 nitrogen and oxygen atoms in total. The summed E-state index contributed by atoms with van der Waals surface area (Å²) < 4.78 is 44.0. The molecular weight excluding hydrogens is 313 g/mol. The molecular formula is C16H11F3O2S. The Hall–Kier alpha value is -2.21. The minimum Gasteiger partial charge on any atom is -0.506 e. The average Bonchev–Trinajstić information content (AvgIpc) is 2.83. The highest BCUT2D eigenvalue weighted by atomic mass is 32.1. The van der Waals surface area contributed by atoms with Gasteiger partial charge in [-0.3, -0.25) is 0 Å². The molecule has 22 heavy (non-hydrogen) atoms. The Bertz CT molecular complexity index is 820. The highest BCUT2D eigenvalue weighted by Gasteiger charge is 2.31. The van der Waals surface area contributed by atoms with Gasteiger partial charge < -0.3 is 9.84 Å². The third kappa shape index (κ3) is 2.50. The highest BCUT2D eigenvalue weighted by Crippen LogP contribution is 2.45. The Labute approximate surface area is 128 Å². The van der Waals surface area contributed by atoms with Crippen molar-refractivity contribution in [1.29, 1.82) is 0 Å². The standard InChI is InChI=1S/C16H11F3O2S/c1-21-11-5-2-9(3-6-11)15-14(20)12-8-10(16(17,18)19)4-7-13(12)22-15/h2-8,20H,1H3. The summed E-state index contributed by atoms with van der Waals surface area (Å²) in [5, 5.41) is 10.5. The second-order valence-electron chi connectivity index (χ2n) is 4.72. The van der Waals surface area contributed by atoms with Gasteiger partial charge in [-0.15, -0.1) is 11.3 Å².